The van der Waals surface area contributed by atoms with Crippen molar-refractivity contribution in [2.45, 2.75) is 25.7 Å². The van der Waals surface area contributed by atoms with Crippen LogP contribution in [0.3, 0.4) is 0 Å². The highest BCUT2D eigenvalue weighted by Gasteiger charge is 2.26. The third-order valence-electron chi connectivity index (χ3n) is 3.62. The van der Waals surface area contributed by atoms with E-state index >= 15 is 0 Å². The molecule has 88 valence electrons. The first kappa shape index (κ1) is 11.9. The minimum atomic E-state index is -0.268. The molecule has 2 rings (SSSR count). The van der Waals surface area contributed by atoms with Crippen molar-refractivity contribution in [3.05, 3.63) is 34.6 Å². The average Bonchev–Trinajstić information content (AvgIpc) is 2.69. The molecule has 0 aromatic heterocycles. The summed E-state index contributed by atoms with van der Waals surface area (Å²) in [5, 5.41) is 0.544. The van der Waals surface area contributed by atoms with Crippen LogP contribution in [-0.4, -0.2) is 6.54 Å². The van der Waals surface area contributed by atoms with Gasteiger partial charge in [0.1, 0.15) is 5.82 Å². The largest absolute Gasteiger partial charge is 0.330 e. The van der Waals surface area contributed by atoms with Gasteiger partial charge in [-0.05, 0) is 55.3 Å². The fraction of sp³-hybridized carbons (Fsp3) is 0.538. The summed E-state index contributed by atoms with van der Waals surface area (Å²) >= 11 is 6.03. The lowest BCUT2D eigenvalue weighted by Gasteiger charge is -2.18. The van der Waals surface area contributed by atoms with Gasteiger partial charge in [0.2, 0.25) is 0 Å². The smallest absolute Gasteiger partial charge is 0.124 e. The molecule has 0 amide bonds. The lowest BCUT2D eigenvalue weighted by atomic mass is 9.90. The number of benzene rings is 1. The van der Waals surface area contributed by atoms with Gasteiger partial charge in [0, 0.05) is 5.02 Å². The first-order valence-electron chi connectivity index (χ1n) is 5.84. The van der Waals surface area contributed by atoms with E-state index in [0.717, 1.165) is 18.5 Å². The molecule has 1 aromatic carbocycles. The molecule has 1 aliphatic rings. The Labute approximate surface area is 101 Å². The molecule has 16 heavy (non-hydrogen) atoms. The quantitative estimate of drug-likeness (QED) is 0.863. The van der Waals surface area contributed by atoms with E-state index in [0.29, 0.717) is 16.9 Å². The number of hydrogen-bond acceptors (Lipinski definition) is 1. The van der Waals surface area contributed by atoms with Crippen LogP contribution in [0.1, 0.15) is 24.8 Å². The normalized spacial score (nSPS) is 24.9. The van der Waals surface area contributed by atoms with E-state index in [1.54, 1.807) is 6.07 Å². The molecule has 0 radical (unpaired) electrons. The minimum absolute atomic E-state index is 0.268. The molecular formula is C13H17ClFN. The number of rotatable bonds is 3. The molecule has 2 atom stereocenters. The molecule has 1 aromatic rings. The second kappa shape index (κ2) is 5.15. The van der Waals surface area contributed by atoms with Gasteiger partial charge in [0.15, 0.2) is 0 Å². The fourth-order valence-corrected chi connectivity index (χ4v) is 2.91. The van der Waals surface area contributed by atoms with Crippen LogP contribution in [0, 0.1) is 17.7 Å². The van der Waals surface area contributed by atoms with Gasteiger partial charge in [-0.15, -0.1) is 0 Å². The molecule has 1 fully saturated rings. The molecular weight excluding hydrogens is 225 g/mol. The van der Waals surface area contributed by atoms with E-state index in [1.807, 2.05) is 0 Å². The van der Waals surface area contributed by atoms with E-state index in [-0.39, 0.29) is 5.82 Å². The van der Waals surface area contributed by atoms with Crippen molar-refractivity contribution in [1.29, 1.82) is 0 Å². The van der Waals surface area contributed by atoms with Gasteiger partial charge in [0.25, 0.3) is 0 Å². The summed E-state index contributed by atoms with van der Waals surface area (Å²) in [5.41, 5.74) is 6.80. The maximum Gasteiger partial charge on any atom is 0.124 e. The summed E-state index contributed by atoms with van der Waals surface area (Å²) < 4.78 is 12.9. The summed E-state index contributed by atoms with van der Waals surface area (Å²) in [4.78, 5) is 0. The standard InChI is InChI=1S/C13H17ClFN/c14-13-7-12(15)5-4-10(13)6-9-2-1-3-11(9)8-16/h4-5,7,9,11H,1-3,6,8,16H2. The molecule has 1 nitrogen and oxygen atoms in total. The lowest BCUT2D eigenvalue weighted by Crippen LogP contribution is -2.20. The highest BCUT2D eigenvalue weighted by molar-refractivity contribution is 6.31. The van der Waals surface area contributed by atoms with Crippen molar-refractivity contribution in [3.63, 3.8) is 0 Å². The average molecular weight is 242 g/mol. The Balaban J connectivity index is 2.08. The SMILES string of the molecule is NCC1CCCC1Cc1ccc(F)cc1Cl. The first-order chi connectivity index (χ1) is 7.70. The van der Waals surface area contributed by atoms with Gasteiger partial charge in [-0.1, -0.05) is 24.1 Å². The molecule has 2 unspecified atom stereocenters. The molecule has 2 N–H and O–H groups in total. The van der Waals surface area contributed by atoms with Crippen molar-refractivity contribution >= 4 is 11.6 Å². The fourth-order valence-electron chi connectivity index (χ4n) is 2.66. The van der Waals surface area contributed by atoms with E-state index in [2.05, 4.69) is 0 Å². The third-order valence-corrected chi connectivity index (χ3v) is 3.97. The Morgan fingerprint density at radius 3 is 2.75 bits per heavy atom. The predicted octanol–water partition coefficient (Wildman–Crippen LogP) is 3.40. The Bertz CT molecular complexity index is 367. The van der Waals surface area contributed by atoms with Gasteiger partial charge in [-0.2, -0.15) is 0 Å². The third kappa shape index (κ3) is 2.55. The van der Waals surface area contributed by atoms with Crippen molar-refractivity contribution in [1.82, 2.24) is 0 Å². The van der Waals surface area contributed by atoms with Gasteiger partial charge in [-0.25, -0.2) is 4.39 Å². The van der Waals surface area contributed by atoms with Crippen LogP contribution < -0.4 is 5.73 Å². The highest BCUT2D eigenvalue weighted by Crippen LogP contribution is 2.34. The summed E-state index contributed by atoms with van der Waals surface area (Å²) in [7, 11) is 0. The van der Waals surface area contributed by atoms with Crippen LogP contribution >= 0.6 is 11.6 Å². The lowest BCUT2D eigenvalue weighted by molar-refractivity contribution is 0.394. The van der Waals surface area contributed by atoms with Gasteiger partial charge in [-0.3, -0.25) is 0 Å². The van der Waals surface area contributed by atoms with E-state index in [9.17, 15) is 4.39 Å². The summed E-state index contributed by atoms with van der Waals surface area (Å²) in [6.45, 7) is 0.753. The number of nitrogens with two attached hydrogens (primary N) is 1. The second-order valence-electron chi connectivity index (χ2n) is 4.63. The maximum atomic E-state index is 12.9. The van der Waals surface area contributed by atoms with E-state index < -0.39 is 0 Å². The topological polar surface area (TPSA) is 26.0 Å². The van der Waals surface area contributed by atoms with Crippen molar-refractivity contribution < 1.29 is 4.39 Å². The van der Waals surface area contributed by atoms with Gasteiger partial charge >= 0.3 is 0 Å². The second-order valence-corrected chi connectivity index (χ2v) is 5.03. The Hall–Kier alpha value is -0.600. The van der Waals surface area contributed by atoms with Gasteiger partial charge in [0.05, 0.1) is 0 Å². The van der Waals surface area contributed by atoms with Crippen LogP contribution in [-0.2, 0) is 6.42 Å². The maximum absolute atomic E-state index is 12.9. The van der Waals surface area contributed by atoms with Crippen LogP contribution in [0.5, 0.6) is 0 Å². The van der Waals surface area contributed by atoms with Crippen LogP contribution in [0.4, 0.5) is 4.39 Å². The zero-order valence-electron chi connectivity index (χ0n) is 9.26. The molecule has 0 aliphatic heterocycles. The molecule has 0 heterocycles. The van der Waals surface area contributed by atoms with Crippen molar-refractivity contribution in [2.75, 3.05) is 6.54 Å². The first-order valence-corrected chi connectivity index (χ1v) is 6.22. The van der Waals surface area contributed by atoms with E-state index in [4.69, 9.17) is 17.3 Å². The Morgan fingerprint density at radius 1 is 1.31 bits per heavy atom. The van der Waals surface area contributed by atoms with Gasteiger partial charge < -0.3 is 5.73 Å². The summed E-state index contributed by atoms with van der Waals surface area (Å²) in [5.74, 6) is 0.963. The highest BCUT2D eigenvalue weighted by atomic mass is 35.5. The molecule has 0 spiro atoms. The zero-order chi connectivity index (χ0) is 11.5. The Morgan fingerprint density at radius 2 is 2.06 bits per heavy atom. The predicted molar refractivity (Wildman–Crippen MR) is 65.0 cm³/mol. The molecule has 3 heteroatoms. The van der Waals surface area contributed by atoms with Crippen LogP contribution in [0.25, 0.3) is 0 Å². The van der Waals surface area contributed by atoms with Crippen LogP contribution in [0.15, 0.2) is 18.2 Å². The monoisotopic (exact) mass is 241 g/mol. The molecule has 0 saturated heterocycles. The molecule has 0 bridgehead atoms. The minimum Gasteiger partial charge on any atom is -0.330 e. The molecule has 1 saturated carbocycles. The summed E-state index contributed by atoms with van der Waals surface area (Å²) in [6.07, 6.45) is 4.63. The number of halogens is 2. The van der Waals surface area contributed by atoms with E-state index in [1.165, 1.54) is 31.4 Å². The zero-order valence-corrected chi connectivity index (χ0v) is 10.0. The Kier molecular flexibility index (Phi) is 3.82. The van der Waals surface area contributed by atoms with Crippen molar-refractivity contribution in [2.24, 2.45) is 17.6 Å². The summed E-state index contributed by atoms with van der Waals surface area (Å²) in [6, 6.07) is 4.67. The molecule has 1 aliphatic carbocycles. The van der Waals surface area contributed by atoms with Crippen LogP contribution in [0.2, 0.25) is 5.02 Å². The number of hydrogen-bond donors (Lipinski definition) is 1. The van der Waals surface area contributed by atoms with Crippen molar-refractivity contribution in [3.8, 4) is 0 Å².